The van der Waals surface area contributed by atoms with Gasteiger partial charge in [0.1, 0.15) is 29.0 Å². The van der Waals surface area contributed by atoms with E-state index in [4.69, 9.17) is 26.8 Å². The monoisotopic (exact) mass is 352 g/mol. The summed E-state index contributed by atoms with van der Waals surface area (Å²) in [6.45, 7) is 3.16. The fraction of sp³-hybridized carbons (Fsp3) is 0.250. The molecule has 1 aliphatic heterocycles. The number of phenols is 1. The van der Waals surface area contributed by atoms with Crippen molar-refractivity contribution in [3.05, 3.63) is 51.3 Å². The molecular formula is C16H14ClFN2O4. The third kappa shape index (κ3) is 3.01. The molecule has 0 aromatic heterocycles. The quantitative estimate of drug-likeness (QED) is 0.810. The standard InChI is InChI=1S/C16H14ClFN2O4/c1-3-23-16(22)13-7(2)24-15(20)9(6-19)14(13)8-4-10(17)12(21)5-11(8)18/h4-5,14,21H,3,20H2,1-2H3. The van der Waals surface area contributed by atoms with Crippen LogP contribution in [0.1, 0.15) is 25.3 Å². The molecule has 0 saturated carbocycles. The molecule has 1 aromatic rings. The van der Waals surface area contributed by atoms with Crippen molar-refractivity contribution in [2.45, 2.75) is 19.8 Å². The van der Waals surface area contributed by atoms with Crippen LogP contribution in [0, 0.1) is 17.1 Å². The van der Waals surface area contributed by atoms with E-state index in [1.54, 1.807) is 6.92 Å². The largest absolute Gasteiger partial charge is 0.506 e. The Kier molecular flexibility index (Phi) is 5.00. The molecule has 0 fully saturated rings. The molecule has 0 spiro atoms. The summed E-state index contributed by atoms with van der Waals surface area (Å²) in [5.41, 5.74) is 5.41. The Hall–Kier alpha value is -2.72. The lowest BCUT2D eigenvalue weighted by Crippen LogP contribution is -2.26. The van der Waals surface area contributed by atoms with Crippen molar-refractivity contribution >= 4 is 17.6 Å². The zero-order valence-electron chi connectivity index (χ0n) is 12.9. The Balaban J connectivity index is 2.72. The second-order valence-electron chi connectivity index (χ2n) is 4.94. The van der Waals surface area contributed by atoms with Crippen LogP contribution in [0.5, 0.6) is 5.75 Å². The number of benzene rings is 1. The first-order valence-electron chi connectivity index (χ1n) is 6.95. The van der Waals surface area contributed by atoms with Crippen LogP contribution in [-0.4, -0.2) is 17.7 Å². The van der Waals surface area contributed by atoms with E-state index in [1.807, 2.05) is 6.07 Å². The van der Waals surface area contributed by atoms with Crippen molar-refractivity contribution in [2.24, 2.45) is 5.73 Å². The molecule has 126 valence electrons. The first-order chi connectivity index (χ1) is 11.3. The lowest BCUT2D eigenvalue weighted by atomic mass is 9.82. The lowest BCUT2D eigenvalue weighted by molar-refractivity contribution is -0.139. The average molecular weight is 353 g/mol. The maximum Gasteiger partial charge on any atom is 0.338 e. The number of nitrogens with two attached hydrogens (primary N) is 1. The van der Waals surface area contributed by atoms with Crippen LogP contribution in [0.2, 0.25) is 5.02 Å². The zero-order chi connectivity index (χ0) is 18.0. The summed E-state index contributed by atoms with van der Waals surface area (Å²) < 4.78 is 24.6. The highest BCUT2D eigenvalue weighted by molar-refractivity contribution is 6.32. The van der Waals surface area contributed by atoms with E-state index in [0.29, 0.717) is 0 Å². The van der Waals surface area contributed by atoms with E-state index < -0.39 is 23.5 Å². The van der Waals surface area contributed by atoms with E-state index >= 15 is 0 Å². The molecule has 24 heavy (non-hydrogen) atoms. The second-order valence-corrected chi connectivity index (χ2v) is 5.35. The summed E-state index contributed by atoms with van der Waals surface area (Å²) in [7, 11) is 0. The van der Waals surface area contributed by atoms with Gasteiger partial charge in [0.2, 0.25) is 5.88 Å². The van der Waals surface area contributed by atoms with Crippen molar-refractivity contribution in [1.82, 2.24) is 0 Å². The molecule has 0 bridgehead atoms. The van der Waals surface area contributed by atoms with Crippen LogP contribution in [0.3, 0.4) is 0 Å². The highest BCUT2D eigenvalue weighted by atomic mass is 35.5. The Morgan fingerprint density at radius 2 is 2.25 bits per heavy atom. The minimum Gasteiger partial charge on any atom is -0.506 e. The third-order valence-electron chi connectivity index (χ3n) is 3.48. The Bertz CT molecular complexity index is 811. The summed E-state index contributed by atoms with van der Waals surface area (Å²) in [6.07, 6.45) is 0. The van der Waals surface area contributed by atoms with Gasteiger partial charge in [-0.3, -0.25) is 0 Å². The fourth-order valence-electron chi connectivity index (χ4n) is 2.44. The predicted molar refractivity (Wildman–Crippen MR) is 83.1 cm³/mol. The molecule has 0 saturated heterocycles. The summed E-state index contributed by atoms with van der Waals surface area (Å²) in [4.78, 5) is 12.3. The summed E-state index contributed by atoms with van der Waals surface area (Å²) in [6, 6.07) is 3.77. The topological polar surface area (TPSA) is 106 Å². The molecule has 0 radical (unpaired) electrons. The van der Waals surface area contributed by atoms with Gasteiger partial charge < -0.3 is 20.3 Å². The molecule has 1 aromatic carbocycles. The number of ether oxygens (including phenoxy) is 2. The smallest absolute Gasteiger partial charge is 0.338 e. The molecule has 2 rings (SSSR count). The Morgan fingerprint density at radius 1 is 1.58 bits per heavy atom. The Morgan fingerprint density at radius 3 is 2.83 bits per heavy atom. The first-order valence-corrected chi connectivity index (χ1v) is 7.32. The van der Waals surface area contributed by atoms with E-state index in [-0.39, 0.29) is 40.0 Å². The second kappa shape index (κ2) is 6.81. The van der Waals surface area contributed by atoms with Gasteiger partial charge >= 0.3 is 5.97 Å². The Labute approximate surface area is 142 Å². The van der Waals surface area contributed by atoms with E-state index in [2.05, 4.69) is 0 Å². The number of esters is 1. The summed E-state index contributed by atoms with van der Waals surface area (Å²) in [5, 5.41) is 18.8. The normalized spacial score (nSPS) is 17.4. The lowest BCUT2D eigenvalue weighted by Gasteiger charge is -2.27. The molecule has 3 N–H and O–H groups in total. The van der Waals surface area contributed by atoms with E-state index in [0.717, 1.165) is 12.1 Å². The van der Waals surface area contributed by atoms with Crippen LogP contribution in [0.15, 0.2) is 34.9 Å². The maximum atomic E-state index is 14.4. The van der Waals surface area contributed by atoms with Gasteiger partial charge in [0.05, 0.1) is 23.1 Å². The number of hydrogen-bond acceptors (Lipinski definition) is 6. The summed E-state index contributed by atoms with van der Waals surface area (Å²) >= 11 is 5.85. The number of rotatable bonds is 3. The minimum absolute atomic E-state index is 0.0525. The van der Waals surface area contributed by atoms with Crippen molar-refractivity contribution < 1.29 is 23.8 Å². The predicted octanol–water partition coefficient (Wildman–Crippen LogP) is 2.83. The van der Waals surface area contributed by atoms with Gasteiger partial charge in [-0.2, -0.15) is 5.26 Å². The van der Waals surface area contributed by atoms with Crippen molar-refractivity contribution in [1.29, 1.82) is 5.26 Å². The molecule has 6 nitrogen and oxygen atoms in total. The van der Waals surface area contributed by atoms with Gasteiger partial charge in [-0.05, 0) is 19.9 Å². The number of hydrogen-bond donors (Lipinski definition) is 2. The third-order valence-corrected chi connectivity index (χ3v) is 3.78. The van der Waals surface area contributed by atoms with Gasteiger partial charge in [0.25, 0.3) is 0 Å². The molecule has 0 aliphatic carbocycles. The van der Waals surface area contributed by atoms with Crippen LogP contribution in [0.25, 0.3) is 0 Å². The van der Waals surface area contributed by atoms with Crippen molar-refractivity contribution in [3.8, 4) is 11.8 Å². The molecular weight excluding hydrogens is 339 g/mol. The van der Waals surface area contributed by atoms with Crippen LogP contribution < -0.4 is 5.73 Å². The number of carbonyl (C=O) groups is 1. The van der Waals surface area contributed by atoms with Crippen molar-refractivity contribution in [2.75, 3.05) is 6.61 Å². The number of allylic oxidation sites excluding steroid dienone is 2. The van der Waals surface area contributed by atoms with Crippen molar-refractivity contribution in [3.63, 3.8) is 0 Å². The molecule has 1 heterocycles. The number of aromatic hydroxyl groups is 1. The van der Waals surface area contributed by atoms with Crippen LogP contribution in [0.4, 0.5) is 4.39 Å². The summed E-state index contributed by atoms with van der Waals surface area (Å²) in [5.74, 6) is -3.36. The van der Waals surface area contributed by atoms with Crippen LogP contribution in [-0.2, 0) is 14.3 Å². The average Bonchev–Trinajstić information content (AvgIpc) is 2.50. The van der Waals surface area contributed by atoms with E-state index in [1.165, 1.54) is 6.92 Å². The fourth-order valence-corrected chi connectivity index (χ4v) is 2.61. The van der Waals surface area contributed by atoms with Gasteiger partial charge in [0, 0.05) is 11.6 Å². The van der Waals surface area contributed by atoms with Gasteiger partial charge in [-0.25, -0.2) is 9.18 Å². The highest BCUT2D eigenvalue weighted by Crippen LogP contribution is 2.42. The number of phenolic OH excluding ortho intramolecular Hbond substituents is 1. The van der Waals surface area contributed by atoms with Crippen LogP contribution >= 0.6 is 11.6 Å². The molecule has 1 unspecified atom stereocenters. The van der Waals surface area contributed by atoms with E-state index in [9.17, 15) is 19.6 Å². The minimum atomic E-state index is -1.15. The zero-order valence-corrected chi connectivity index (χ0v) is 13.6. The molecule has 1 aliphatic rings. The first kappa shape index (κ1) is 17.6. The molecule has 8 heteroatoms. The molecule has 1 atom stereocenters. The number of nitriles is 1. The molecule has 0 amide bonds. The SMILES string of the molecule is CCOC(=O)C1=C(C)OC(N)=C(C#N)C1c1cc(Cl)c(O)cc1F. The van der Waals surface area contributed by atoms with Gasteiger partial charge in [-0.1, -0.05) is 11.6 Å². The van der Waals surface area contributed by atoms with Gasteiger partial charge in [0.15, 0.2) is 0 Å². The number of nitrogens with zero attached hydrogens (tertiary/aromatic N) is 1. The number of halogens is 2. The van der Waals surface area contributed by atoms with Gasteiger partial charge in [-0.15, -0.1) is 0 Å². The number of carbonyl (C=O) groups excluding carboxylic acids is 1. The highest BCUT2D eigenvalue weighted by Gasteiger charge is 2.38. The maximum absolute atomic E-state index is 14.4.